The van der Waals surface area contributed by atoms with Crippen molar-refractivity contribution in [2.45, 2.75) is 0 Å². The SMILES string of the molecule is N#Cc1ccc2nc(-c3ccc4ccccc4n3)c(C#N)c(C#N)c2c1C#N. The summed E-state index contributed by atoms with van der Waals surface area (Å²) in [4.78, 5) is 9.09. The average Bonchev–Trinajstić information content (AvgIpc) is 2.76. The summed E-state index contributed by atoms with van der Waals surface area (Å²) in [5.41, 5.74) is 2.04. The summed E-state index contributed by atoms with van der Waals surface area (Å²) in [6.07, 6.45) is 0. The normalized spacial score (nSPS) is 10.0. The second-order valence-corrected chi connectivity index (χ2v) is 5.93. The van der Waals surface area contributed by atoms with Crippen LogP contribution in [0.2, 0.25) is 0 Å². The van der Waals surface area contributed by atoms with Crippen LogP contribution < -0.4 is 0 Å². The van der Waals surface area contributed by atoms with Crippen molar-refractivity contribution in [3.63, 3.8) is 0 Å². The lowest BCUT2D eigenvalue weighted by Crippen LogP contribution is -2.00. The van der Waals surface area contributed by atoms with Gasteiger partial charge >= 0.3 is 0 Å². The maximum Gasteiger partial charge on any atom is 0.108 e. The first-order valence-electron chi connectivity index (χ1n) is 8.19. The summed E-state index contributed by atoms with van der Waals surface area (Å²) in [5, 5.41) is 39.4. The van der Waals surface area contributed by atoms with Gasteiger partial charge in [-0.05, 0) is 24.3 Å². The molecular weight excluding hydrogens is 348 g/mol. The van der Waals surface area contributed by atoms with Crippen LogP contribution >= 0.6 is 0 Å². The number of fused-ring (bicyclic) bond motifs is 2. The molecule has 0 fully saturated rings. The molecule has 0 aliphatic heterocycles. The van der Waals surface area contributed by atoms with Gasteiger partial charge in [-0.25, -0.2) is 9.97 Å². The average molecular weight is 356 g/mol. The molecule has 0 saturated heterocycles. The zero-order chi connectivity index (χ0) is 19.7. The van der Waals surface area contributed by atoms with Crippen molar-refractivity contribution in [2.75, 3.05) is 0 Å². The molecule has 2 aromatic carbocycles. The standard InChI is InChI=1S/C22H8N6/c23-9-14-6-7-19-21(15(14)10-24)16(11-25)17(12-26)22(28-19)20-8-5-13-3-1-2-4-18(13)27-20/h1-8H. The van der Waals surface area contributed by atoms with Gasteiger partial charge in [0.05, 0.1) is 39.0 Å². The Kier molecular flexibility index (Phi) is 3.87. The highest BCUT2D eigenvalue weighted by molar-refractivity contribution is 5.96. The van der Waals surface area contributed by atoms with Crippen LogP contribution in [-0.2, 0) is 0 Å². The Bertz CT molecular complexity index is 1460. The Balaban J connectivity index is 2.13. The van der Waals surface area contributed by atoms with Crippen molar-refractivity contribution < 1.29 is 0 Å². The third-order valence-corrected chi connectivity index (χ3v) is 4.45. The topological polar surface area (TPSA) is 121 Å². The minimum atomic E-state index is 0.0195. The predicted molar refractivity (Wildman–Crippen MR) is 101 cm³/mol. The van der Waals surface area contributed by atoms with E-state index in [0.29, 0.717) is 11.2 Å². The third kappa shape index (κ3) is 2.39. The summed E-state index contributed by atoms with van der Waals surface area (Å²) in [6, 6.07) is 22.2. The Morgan fingerprint density at radius 1 is 0.607 bits per heavy atom. The number of rotatable bonds is 1. The molecule has 0 aliphatic carbocycles. The number of hydrogen-bond acceptors (Lipinski definition) is 6. The molecule has 28 heavy (non-hydrogen) atoms. The lowest BCUT2D eigenvalue weighted by molar-refractivity contribution is 1.28. The minimum Gasteiger partial charge on any atom is -0.246 e. The molecule has 6 nitrogen and oxygen atoms in total. The Hall–Kier alpha value is -4.78. The summed E-state index contributed by atoms with van der Waals surface area (Å²) in [7, 11) is 0. The van der Waals surface area contributed by atoms with Gasteiger partial charge in [-0.3, -0.25) is 0 Å². The number of hydrogen-bond donors (Lipinski definition) is 0. The Morgan fingerprint density at radius 3 is 2.07 bits per heavy atom. The molecule has 6 heteroatoms. The predicted octanol–water partition coefficient (Wildman–Crippen LogP) is 3.94. The van der Waals surface area contributed by atoms with Gasteiger partial charge in [-0.15, -0.1) is 0 Å². The van der Waals surface area contributed by atoms with Gasteiger partial charge in [0.2, 0.25) is 0 Å². The van der Waals surface area contributed by atoms with Crippen molar-refractivity contribution in [1.29, 1.82) is 21.0 Å². The van der Waals surface area contributed by atoms with Gasteiger partial charge in [0.1, 0.15) is 30.0 Å². The zero-order valence-electron chi connectivity index (χ0n) is 14.3. The fourth-order valence-corrected chi connectivity index (χ4v) is 3.17. The van der Waals surface area contributed by atoms with E-state index in [1.54, 1.807) is 12.1 Å². The first-order valence-corrected chi connectivity index (χ1v) is 8.19. The van der Waals surface area contributed by atoms with Crippen molar-refractivity contribution in [3.8, 4) is 35.7 Å². The monoisotopic (exact) mass is 356 g/mol. The van der Waals surface area contributed by atoms with E-state index in [1.165, 1.54) is 6.07 Å². The zero-order valence-corrected chi connectivity index (χ0v) is 14.3. The van der Waals surface area contributed by atoms with Crippen molar-refractivity contribution in [1.82, 2.24) is 9.97 Å². The molecule has 2 aromatic heterocycles. The van der Waals surface area contributed by atoms with Gasteiger partial charge in [0.25, 0.3) is 0 Å². The number of pyridine rings is 2. The molecule has 0 amide bonds. The lowest BCUT2D eigenvalue weighted by Gasteiger charge is -2.10. The lowest BCUT2D eigenvalue weighted by atomic mass is 9.94. The molecule has 0 spiro atoms. The quantitative estimate of drug-likeness (QED) is 0.509. The second kappa shape index (κ2) is 6.50. The van der Waals surface area contributed by atoms with Crippen LogP contribution in [0.4, 0.5) is 0 Å². The largest absolute Gasteiger partial charge is 0.246 e. The molecule has 0 atom stereocenters. The fraction of sp³-hybridized carbons (Fsp3) is 0. The van der Waals surface area contributed by atoms with E-state index in [2.05, 4.69) is 9.97 Å². The molecule has 0 unspecified atom stereocenters. The summed E-state index contributed by atoms with van der Waals surface area (Å²) < 4.78 is 0. The second-order valence-electron chi connectivity index (χ2n) is 5.93. The van der Waals surface area contributed by atoms with Gasteiger partial charge < -0.3 is 0 Å². The Labute approximate surface area is 159 Å². The maximum atomic E-state index is 9.74. The third-order valence-electron chi connectivity index (χ3n) is 4.45. The van der Waals surface area contributed by atoms with E-state index in [1.807, 2.05) is 54.6 Å². The van der Waals surface area contributed by atoms with Crippen LogP contribution in [0.15, 0.2) is 48.5 Å². The van der Waals surface area contributed by atoms with E-state index in [4.69, 9.17) is 0 Å². The number of nitriles is 4. The van der Waals surface area contributed by atoms with Gasteiger partial charge in [-0.1, -0.05) is 24.3 Å². The number of para-hydroxylation sites is 1. The first kappa shape index (κ1) is 16.7. The maximum absolute atomic E-state index is 9.74. The molecule has 4 rings (SSSR count). The molecular formula is C22H8N6. The van der Waals surface area contributed by atoms with Gasteiger partial charge in [-0.2, -0.15) is 21.0 Å². The van der Waals surface area contributed by atoms with Crippen molar-refractivity contribution in [3.05, 3.63) is 70.8 Å². The van der Waals surface area contributed by atoms with E-state index >= 15 is 0 Å². The highest BCUT2D eigenvalue weighted by Gasteiger charge is 2.21. The van der Waals surface area contributed by atoms with E-state index < -0.39 is 0 Å². The first-order chi connectivity index (χ1) is 13.7. The fourth-order valence-electron chi connectivity index (χ4n) is 3.17. The summed E-state index contributed by atoms with van der Waals surface area (Å²) in [6.45, 7) is 0. The van der Waals surface area contributed by atoms with Crippen LogP contribution in [0.1, 0.15) is 22.3 Å². The molecule has 0 aliphatic rings. The number of aromatic nitrogens is 2. The molecule has 4 aromatic rings. The van der Waals surface area contributed by atoms with Crippen LogP contribution in [-0.4, -0.2) is 9.97 Å². The highest BCUT2D eigenvalue weighted by Crippen LogP contribution is 2.32. The van der Waals surface area contributed by atoms with E-state index in [9.17, 15) is 21.0 Å². The van der Waals surface area contributed by atoms with Gasteiger partial charge in [0.15, 0.2) is 0 Å². The number of nitrogens with zero attached hydrogens (tertiary/aromatic N) is 6. The highest BCUT2D eigenvalue weighted by atomic mass is 14.8. The smallest absolute Gasteiger partial charge is 0.108 e. The number of benzene rings is 2. The van der Waals surface area contributed by atoms with Crippen LogP contribution in [0.3, 0.4) is 0 Å². The summed E-state index contributed by atoms with van der Waals surface area (Å²) >= 11 is 0. The molecule has 0 bridgehead atoms. The molecule has 126 valence electrons. The van der Waals surface area contributed by atoms with Crippen LogP contribution in [0, 0.1) is 45.3 Å². The van der Waals surface area contributed by atoms with E-state index in [-0.39, 0.29) is 33.3 Å². The van der Waals surface area contributed by atoms with E-state index in [0.717, 1.165) is 10.9 Å². The molecule has 0 saturated carbocycles. The summed E-state index contributed by atoms with van der Waals surface area (Å²) in [5.74, 6) is 0. The van der Waals surface area contributed by atoms with Crippen LogP contribution in [0.5, 0.6) is 0 Å². The minimum absolute atomic E-state index is 0.0195. The molecule has 0 N–H and O–H groups in total. The molecule has 0 radical (unpaired) electrons. The molecule has 2 heterocycles. The van der Waals surface area contributed by atoms with Crippen molar-refractivity contribution >= 4 is 21.8 Å². The Morgan fingerprint density at radius 2 is 1.36 bits per heavy atom. The van der Waals surface area contributed by atoms with Crippen molar-refractivity contribution in [2.24, 2.45) is 0 Å². The van der Waals surface area contributed by atoms with Crippen LogP contribution in [0.25, 0.3) is 33.2 Å². The van der Waals surface area contributed by atoms with Gasteiger partial charge in [0, 0.05) is 10.8 Å².